The maximum atomic E-state index is 12.0. The van der Waals surface area contributed by atoms with Crippen LogP contribution in [0.25, 0.3) is 16.8 Å². The fraction of sp³-hybridized carbons (Fsp3) is 0.278. The van der Waals surface area contributed by atoms with Crippen molar-refractivity contribution < 1.29 is 23.4 Å². The van der Waals surface area contributed by atoms with Crippen molar-refractivity contribution in [1.29, 1.82) is 0 Å². The van der Waals surface area contributed by atoms with Gasteiger partial charge in [0.1, 0.15) is 12.3 Å². The lowest BCUT2D eigenvalue weighted by Gasteiger charge is -2.17. The Morgan fingerprint density at radius 1 is 1.23 bits per heavy atom. The molecule has 2 aromatic carbocycles. The second-order valence-electron chi connectivity index (χ2n) is 6.90. The molecule has 0 aromatic heterocycles. The van der Waals surface area contributed by atoms with Crippen molar-refractivity contribution in [3.63, 3.8) is 0 Å². The quantitative estimate of drug-likeness (QED) is 0.756. The molecule has 3 rings (SSSR count). The molecule has 0 atom stereocenters. The van der Waals surface area contributed by atoms with Gasteiger partial charge in [0.25, 0.3) is 5.91 Å². The first-order valence-electron chi connectivity index (χ1n) is 8.04. The zero-order valence-corrected chi connectivity index (χ0v) is 15.2. The van der Waals surface area contributed by atoms with Crippen LogP contribution in [0.2, 0.25) is 0 Å². The number of phenols is 1. The number of nitrogens with zero attached hydrogens (tertiary/aromatic N) is 1. The Kier molecular flexibility index (Phi) is 4.41. The predicted molar refractivity (Wildman–Crippen MR) is 100.0 cm³/mol. The van der Waals surface area contributed by atoms with E-state index >= 15 is 0 Å². The molecule has 26 heavy (non-hydrogen) atoms. The number of fused-ring (bicyclic) bond motifs is 1. The smallest absolute Gasteiger partial charge is 0.326 e. The number of nitrogens with one attached hydrogen (secondary N) is 1. The van der Waals surface area contributed by atoms with Gasteiger partial charge in [0.2, 0.25) is 0 Å². The summed E-state index contributed by atoms with van der Waals surface area (Å²) in [7, 11) is -3.99. The normalized spacial score (nSPS) is 17.2. The highest BCUT2D eigenvalue weighted by Gasteiger charge is 2.35. The average Bonchev–Trinajstić information content (AvgIpc) is 2.78. The van der Waals surface area contributed by atoms with E-state index in [1.54, 1.807) is 13.8 Å². The molecule has 7 nitrogen and oxygen atoms in total. The van der Waals surface area contributed by atoms with Crippen LogP contribution >= 0.6 is 0 Å². The summed E-state index contributed by atoms with van der Waals surface area (Å²) < 4.78 is 26.8. The van der Waals surface area contributed by atoms with Crippen molar-refractivity contribution in [2.24, 2.45) is 0 Å². The molecule has 1 saturated heterocycles. The van der Waals surface area contributed by atoms with Gasteiger partial charge < -0.3 is 10.2 Å². The Morgan fingerprint density at radius 3 is 2.58 bits per heavy atom. The van der Waals surface area contributed by atoms with Gasteiger partial charge in [-0.2, -0.15) is 8.42 Å². The first-order valence-corrected chi connectivity index (χ1v) is 9.48. The molecule has 0 radical (unpaired) electrons. The minimum absolute atomic E-state index is 0.0495. The number of phenolic OH excluding ortho intramolecular Hbond substituents is 1. The molecular formula is C18H20N2O5S. The number of rotatable bonds is 4. The Labute approximate surface area is 151 Å². The van der Waals surface area contributed by atoms with Gasteiger partial charge in [0, 0.05) is 0 Å². The first-order chi connectivity index (χ1) is 12.0. The summed E-state index contributed by atoms with van der Waals surface area (Å²) in [6.07, 6.45) is 4.21. The molecule has 1 aliphatic rings. The molecule has 1 fully saturated rings. The largest absolute Gasteiger partial charge is 0.506 e. The van der Waals surface area contributed by atoms with Gasteiger partial charge in [-0.25, -0.2) is 9.03 Å². The molecule has 0 unspecified atom stereocenters. The van der Waals surface area contributed by atoms with Crippen LogP contribution < -0.4 is 9.03 Å². The molecule has 2 aromatic rings. The summed E-state index contributed by atoms with van der Waals surface area (Å²) in [4.78, 5) is 11.4. The van der Waals surface area contributed by atoms with E-state index in [9.17, 15) is 23.4 Å². The van der Waals surface area contributed by atoms with Gasteiger partial charge in [-0.3, -0.25) is 4.79 Å². The summed E-state index contributed by atoms with van der Waals surface area (Å²) in [5.41, 5.74) is 0.126. The standard InChI is InChI=1S/C18H20N2O5S/c1-18(2,23)7-3-4-12-5-6-13-10-16(21)15(9-14(13)8-12)20-11-17(22)19-26(20,24)25/h3-6,8-10,21,23H,7,11H2,1-2H3,(H,19,22). The molecule has 138 valence electrons. The lowest BCUT2D eigenvalue weighted by Crippen LogP contribution is -2.29. The summed E-state index contributed by atoms with van der Waals surface area (Å²) in [5, 5.41) is 21.4. The van der Waals surface area contributed by atoms with Crippen molar-refractivity contribution in [2.45, 2.75) is 25.9 Å². The number of hydrogen-bond donors (Lipinski definition) is 3. The molecule has 0 saturated carbocycles. The molecule has 1 amide bonds. The molecule has 3 N–H and O–H groups in total. The third-order valence-electron chi connectivity index (χ3n) is 3.97. The number of amides is 1. The number of aliphatic hydroxyl groups is 1. The van der Waals surface area contributed by atoms with E-state index in [1.807, 2.05) is 35.1 Å². The number of carbonyl (C=O) groups is 1. The van der Waals surface area contributed by atoms with Crippen molar-refractivity contribution in [3.05, 3.63) is 42.0 Å². The number of hydrogen-bond acceptors (Lipinski definition) is 5. The summed E-state index contributed by atoms with van der Waals surface area (Å²) in [5.74, 6) is -0.865. The second kappa shape index (κ2) is 6.30. The second-order valence-corrected chi connectivity index (χ2v) is 8.50. The topological polar surface area (TPSA) is 107 Å². The van der Waals surface area contributed by atoms with Gasteiger partial charge in [0.05, 0.1) is 11.3 Å². The van der Waals surface area contributed by atoms with Crippen molar-refractivity contribution in [1.82, 2.24) is 4.72 Å². The lowest BCUT2D eigenvalue weighted by atomic mass is 10.0. The minimum atomic E-state index is -3.99. The van der Waals surface area contributed by atoms with Crippen molar-refractivity contribution in [3.8, 4) is 5.75 Å². The fourth-order valence-electron chi connectivity index (χ4n) is 2.74. The highest BCUT2D eigenvalue weighted by Crippen LogP contribution is 2.35. The van der Waals surface area contributed by atoms with E-state index in [0.29, 0.717) is 6.42 Å². The Bertz CT molecular complexity index is 1010. The van der Waals surface area contributed by atoms with Gasteiger partial charge >= 0.3 is 10.2 Å². The zero-order valence-electron chi connectivity index (χ0n) is 14.4. The van der Waals surface area contributed by atoms with Crippen LogP contribution in [0, 0.1) is 0 Å². The van der Waals surface area contributed by atoms with Crippen molar-refractivity contribution >= 4 is 38.7 Å². The molecule has 8 heteroatoms. The van der Waals surface area contributed by atoms with E-state index in [-0.39, 0.29) is 18.0 Å². The van der Waals surface area contributed by atoms with Gasteiger partial charge in [0.15, 0.2) is 0 Å². The zero-order chi connectivity index (χ0) is 19.1. The Balaban J connectivity index is 1.99. The van der Waals surface area contributed by atoms with E-state index in [0.717, 1.165) is 20.6 Å². The minimum Gasteiger partial charge on any atom is -0.506 e. The first kappa shape index (κ1) is 18.2. The Morgan fingerprint density at radius 2 is 1.96 bits per heavy atom. The van der Waals surface area contributed by atoms with Gasteiger partial charge in [-0.05, 0) is 54.8 Å². The average molecular weight is 376 g/mol. The fourth-order valence-corrected chi connectivity index (χ4v) is 3.90. The van der Waals surface area contributed by atoms with Crippen LogP contribution in [-0.4, -0.2) is 36.7 Å². The van der Waals surface area contributed by atoms with Crippen LogP contribution in [0.5, 0.6) is 5.75 Å². The number of carbonyl (C=O) groups excluding carboxylic acids is 1. The molecule has 1 aliphatic heterocycles. The third-order valence-corrected chi connectivity index (χ3v) is 5.37. The van der Waals surface area contributed by atoms with E-state index in [2.05, 4.69) is 0 Å². The highest BCUT2D eigenvalue weighted by molar-refractivity contribution is 7.92. The summed E-state index contributed by atoms with van der Waals surface area (Å²) in [6.45, 7) is 3.07. The van der Waals surface area contributed by atoms with Gasteiger partial charge in [-0.1, -0.05) is 24.3 Å². The number of benzene rings is 2. The maximum absolute atomic E-state index is 12.0. The number of aromatic hydroxyl groups is 1. The maximum Gasteiger partial charge on any atom is 0.326 e. The van der Waals surface area contributed by atoms with Crippen LogP contribution in [-0.2, 0) is 15.0 Å². The number of anilines is 1. The van der Waals surface area contributed by atoms with Crippen LogP contribution in [0.3, 0.4) is 0 Å². The lowest BCUT2D eigenvalue weighted by molar-refractivity contribution is -0.117. The molecule has 1 heterocycles. The monoisotopic (exact) mass is 376 g/mol. The van der Waals surface area contributed by atoms with Crippen molar-refractivity contribution in [2.75, 3.05) is 10.8 Å². The summed E-state index contributed by atoms with van der Waals surface area (Å²) >= 11 is 0. The van der Waals surface area contributed by atoms with Gasteiger partial charge in [-0.15, -0.1) is 0 Å². The Hall–Kier alpha value is -2.58. The third kappa shape index (κ3) is 3.81. The molecule has 0 aliphatic carbocycles. The van der Waals surface area contributed by atoms with Crippen LogP contribution in [0.1, 0.15) is 25.8 Å². The highest BCUT2D eigenvalue weighted by atomic mass is 32.2. The van der Waals surface area contributed by atoms with E-state index < -0.39 is 21.7 Å². The SMILES string of the molecule is CC(C)(O)CC=Cc1ccc2cc(O)c(N3CC(=O)NS3(=O)=O)cc2c1. The summed E-state index contributed by atoms with van der Waals surface area (Å²) in [6, 6.07) is 8.52. The molecule has 0 spiro atoms. The predicted octanol–water partition coefficient (Wildman–Crippen LogP) is 1.90. The van der Waals surface area contributed by atoms with E-state index in [1.165, 1.54) is 12.1 Å². The van der Waals surface area contributed by atoms with Crippen LogP contribution in [0.4, 0.5) is 5.69 Å². The van der Waals surface area contributed by atoms with Crippen LogP contribution in [0.15, 0.2) is 36.4 Å². The molecule has 0 bridgehead atoms. The van der Waals surface area contributed by atoms with E-state index in [4.69, 9.17) is 0 Å². The molecular weight excluding hydrogens is 356 g/mol.